The molecule has 2 fully saturated rings. The van der Waals surface area contributed by atoms with E-state index in [2.05, 4.69) is 28.6 Å². The number of nitrogens with zero attached hydrogens (tertiary/aromatic N) is 3. The third kappa shape index (κ3) is 6.69. The first-order chi connectivity index (χ1) is 21.5. The number of alkyl halides is 3. The van der Waals surface area contributed by atoms with Crippen LogP contribution in [0.25, 0.3) is 22.5 Å². The van der Waals surface area contributed by atoms with Crippen molar-refractivity contribution in [1.82, 2.24) is 10.1 Å². The van der Waals surface area contributed by atoms with Crippen molar-refractivity contribution in [3.8, 4) is 28.3 Å². The first-order valence-corrected chi connectivity index (χ1v) is 15.6. The Kier molecular flexibility index (Phi) is 8.57. The van der Waals surface area contributed by atoms with E-state index >= 15 is 0 Å². The van der Waals surface area contributed by atoms with Gasteiger partial charge in [-0.2, -0.15) is 0 Å². The lowest BCUT2D eigenvalue weighted by Crippen LogP contribution is -2.50. The van der Waals surface area contributed by atoms with Crippen molar-refractivity contribution in [2.45, 2.75) is 83.0 Å². The fourth-order valence-electron chi connectivity index (χ4n) is 5.99. The van der Waals surface area contributed by atoms with Gasteiger partial charge in [-0.1, -0.05) is 30.3 Å². The summed E-state index contributed by atoms with van der Waals surface area (Å²) >= 11 is 1.44. The summed E-state index contributed by atoms with van der Waals surface area (Å²) in [6, 6.07) is 10.0. The highest BCUT2D eigenvalue weighted by atomic mass is 32.1. The highest BCUT2D eigenvalue weighted by molar-refractivity contribution is 7.14. The molecule has 0 unspecified atom stereocenters. The number of piperidine rings is 1. The monoisotopic (exact) mass is 645 g/mol. The van der Waals surface area contributed by atoms with Gasteiger partial charge in [0.15, 0.2) is 5.13 Å². The largest absolute Gasteiger partial charge is 0.573 e. The molecule has 1 aliphatic heterocycles. The van der Waals surface area contributed by atoms with E-state index in [1.165, 1.54) is 41.7 Å². The molecule has 1 saturated heterocycles. The Labute approximate surface area is 260 Å². The predicted octanol–water partition coefficient (Wildman–Crippen LogP) is 8.43. The SMILES string of the molecule is CC[C@@H]1C[C@H](OCc2c(-c3ccccc3OC(F)(F)F)noc2C2CC2)C[C@H](C)N1c1nc(-c2ccc(C(=O)O)c(F)c2)cs1. The zero-order chi connectivity index (χ0) is 31.9. The summed E-state index contributed by atoms with van der Waals surface area (Å²) in [4.78, 5) is 18.2. The van der Waals surface area contributed by atoms with Crippen LogP contribution in [0.2, 0.25) is 0 Å². The number of benzene rings is 2. The topological polar surface area (TPSA) is 97.9 Å². The van der Waals surface area contributed by atoms with Crippen LogP contribution in [0.1, 0.15) is 73.6 Å². The van der Waals surface area contributed by atoms with Crippen molar-refractivity contribution >= 4 is 22.4 Å². The molecule has 1 N–H and O–H groups in total. The summed E-state index contributed by atoms with van der Waals surface area (Å²) in [6.45, 7) is 4.31. The molecule has 6 rings (SSSR count). The molecule has 1 saturated carbocycles. The third-order valence-corrected chi connectivity index (χ3v) is 9.14. The van der Waals surface area contributed by atoms with Crippen LogP contribution in [-0.4, -0.2) is 45.8 Å². The fraction of sp³-hybridized carbons (Fsp3) is 0.406. The normalized spacial score (nSPS) is 20.4. The number of hydrogen-bond acceptors (Lipinski definition) is 8. The minimum absolute atomic E-state index is 0.0459. The highest BCUT2D eigenvalue weighted by Crippen LogP contribution is 2.46. The van der Waals surface area contributed by atoms with E-state index in [9.17, 15) is 22.4 Å². The molecule has 238 valence electrons. The van der Waals surface area contributed by atoms with Gasteiger partial charge in [0.1, 0.15) is 23.0 Å². The standard InChI is InChI=1S/C32H31F4N3O5S/c1-3-20-14-21(12-17(2)39(20)31-37-26(16-45-31)19-10-11-22(30(40)41)25(33)13-19)42-15-24-28(38-44-29(24)18-8-9-18)23-6-4-5-7-27(23)43-32(34,35)36/h4-7,10-11,13,16-18,20-21H,3,8-9,12,14-15H2,1-2H3,(H,40,41)/t17-,20+,21+/m0/s1. The summed E-state index contributed by atoms with van der Waals surface area (Å²) in [5.74, 6) is -1.68. The molecule has 2 aromatic carbocycles. The molecule has 8 nitrogen and oxygen atoms in total. The van der Waals surface area contributed by atoms with Crippen LogP contribution in [-0.2, 0) is 11.3 Å². The highest BCUT2D eigenvalue weighted by Gasteiger charge is 2.38. The number of halogens is 4. The third-order valence-electron chi connectivity index (χ3n) is 8.28. The van der Waals surface area contributed by atoms with Crippen LogP contribution >= 0.6 is 11.3 Å². The zero-order valence-corrected chi connectivity index (χ0v) is 25.3. The number of anilines is 1. The number of aromatic nitrogens is 2. The smallest absolute Gasteiger partial charge is 0.478 e. The first-order valence-electron chi connectivity index (χ1n) is 14.7. The fourth-order valence-corrected chi connectivity index (χ4v) is 7.00. The Morgan fingerprint density at radius 3 is 2.64 bits per heavy atom. The number of carbonyl (C=O) groups is 1. The van der Waals surface area contributed by atoms with E-state index in [-0.39, 0.29) is 47.7 Å². The van der Waals surface area contributed by atoms with Crippen LogP contribution in [0.5, 0.6) is 5.75 Å². The molecule has 0 amide bonds. The van der Waals surface area contributed by atoms with Gasteiger partial charge in [-0.05, 0) is 63.3 Å². The summed E-state index contributed by atoms with van der Waals surface area (Å²) in [6.07, 6.45) is -0.951. The van der Waals surface area contributed by atoms with Crippen LogP contribution < -0.4 is 9.64 Å². The van der Waals surface area contributed by atoms with Gasteiger partial charge in [0.25, 0.3) is 0 Å². The molecule has 3 heterocycles. The van der Waals surface area contributed by atoms with E-state index in [1.807, 2.05) is 5.38 Å². The first kappa shape index (κ1) is 31.0. The van der Waals surface area contributed by atoms with Crippen molar-refractivity contribution in [2.75, 3.05) is 4.90 Å². The van der Waals surface area contributed by atoms with E-state index in [4.69, 9.17) is 19.4 Å². The molecule has 0 bridgehead atoms. The van der Waals surface area contributed by atoms with E-state index < -0.39 is 23.7 Å². The van der Waals surface area contributed by atoms with Crippen LogP contribution in [0.4, 0.5) is 22.7 Å². The van der Waals surface area contributed by atoms with Gasteiger partial charge < -0.3 is 24.0 Å². The molecule has 3 atom stereocenters. The van der Waals surface area contributed by atoms with Gasteiger partial charge in [-0.25, -0.2) is 14.2 Å². The van der Waals surface area contributed by atoms with Crippen LogP contribution in [0.3, 0.4) is 0 Å². The van der Waals surface area contributed by atoms with Crippen LogP contribution in [0, 0.1) is 5.82 Å². The van der Waals surface area contributed by atoms with E-state index in [1.54, 1.807) is 12.1 Å². The molecule has 45 heavy (non-hydrogen) atoms. The van der Waals surface area contributed by atoms with Gasteiger partial charge in [0.2, 0.25) is 0 Å². The molecule has 0 radical (unpaired) electrons. The lowest BCUT2D eigenvalue weighted by molar-refractivity contribution is -0.274. The maximum atomic E-state index is 14.3. The van der Waals surface area contributed by atoms with Gasteiger partial charge in [0.05, 0.1) is 24.0 Å². The second kappa shape index (κ2) is 12.4. The lowest BCUT2D eigenvalue weighted by Gasteiger charge is -2.43. The Morgan fingerprint density at radius 1 is 1.18 bits per heavy atom. The second-order valence-electron chi connectivity index (χ2n) is 11.4. The zero-order valence-electron chi connectivity index (χ0n) is 24.5. The van der Waals surface area contributed by atoms with Crippen molar-refractivity contribution in [1.29, 1.82) is 0 Å². The number of rotatable bonds is 10. The molecule has 2 aromatic heterocycles. The molecule has 1 aliphatic carbocycles. The number of para-hydroxylation sites is 1. The predicted molar refractivity (Wildman–Crippen MR) is 159 cm³/mol. The number of carboxylic acid groups (broad SMARTS) is 1. The average Bonchev–Trinajstić information content (AvgIpc) is 3.56. The Morgan fingerprint density at radius 2 is 1.96 bits per heavy atom. The summed E-state index contributed by atoms with van der Waals surface area (Å²) in [5, 5.41) is 15.9. The Balaban J connectivity index is 1.19. The van der Waals surface area contributed by atoms with Gasteiger partial charge in [0, 0.05) is 40.1 Å². The maximum absolute atomic E-state index is 14.3. The second-order valence-corrected chi connectivity index (χ2v) is 12.3. The lowest BCUT2D eigenvalue weighted by atomic mass is 9.92. The Bertz CT molecular complexity index is 1690. The molecule has 4 aromatic rings. The van der Waals surface area contributed by atoms with E-state index in [0.717, 1.165) is 24.4 Å². The van der Waals surface area contributed by atoms with Crippen molar-refractivity contribution < 1.29 is 41.5 Å². The van der Waals surface area contributed by atoms with Crippen molar-refractivity contribution in [3.05, 3.63) is 70.5 Å². The summed E-state index contributed by atoms with van der Waals surface area (Å²) < 4.78 is 70.2. The van der Waals surface area contributed by atoms with Gasteiger partial charge >= 0.3 is 12.3 Å². The van der Waals surface area contributed by atoms with Gasteiger partial charge in [-0.3, -0.25) is 0 Å². The molecular formula is C32H31F4N3O5S. The minimum Gasteiger partial charge on any atom is -0.478 e. The number of aromatic carboxylic acids is 1. The van der Waals surface area contributed by atoms with Gasteiger partial charge in [-0.15, -0.1) is 24.5 Å². The number of hydrogen-bond donors (Lipinski definition) is 1. The number of carboxylic acids is 1. The maximum Gasteiger partial charge on any atom is 0.573 e. The van der Waals surface area contributed by atoms with Crippen molar-refractivity contribution in [2.24, 2.45) is 0 Å². The molecule has 13 heteroatoms. The van der Waals surface area contributed by atoms with E-state index in [0.29, 0.717) is 35.4 Å². The molecule has 2 aliphatic rings. The quantitative estimate of drug-likeness (QED) is 0.172. The van der Waals surface area contributed by atoms with Crippen molar-refractivity contribution in [3.63, 3.8) is 0 Å². The Hall–Kier alpha value is -3.97. The number of thiazole rings is 1. The average molecular weight is 646 g/mol. The summed E-state index contributed by atoms with van der Waals surface area (Å²) in [7, 11) is 0. The molecule has 0 spiro atoms. The molecular weight excluding hydrogens is 614 g/mol. The summed E-state index contributed by atoms with van der Waals surface area (Å²) in [5.41, 5.74) is 1.79. The minimum atomic E-state index is -4.85. The number of ether oxygens (including phenoxy) is 2. The van der Waals surface area contributed by atoms with Crippen LogP contribution in [0.15, 0.2) is 52.4 Å².